The molecule has 4 unspecified atom stereocenters. The summed E-state index contributed by atoms with van der Waals surface area (Å²) in [6, 6.07) is 7.28. The molecule has 8 saturated carbocycles. The second-order valence-electron chi connectivity index (χ2n) is 18.3. The topological polar surface area (TPSA) is 89.5 Å². The van der Waals surface area contributed by atoms with Crippen molar-refractivity contribution < 1.29 is 69.8 Å². The van der Waals surface area contributed by atoms with Crippen LogP contribution in [-0.4, -0.2) is 73.6 Å². The normalized spacial score (nSPS) is 40.3. The Bertz CT molecular complexity index is 1590. The van der Waals surface area contributed by atoms with Crippen LogP contribution in [0, 0.1) is 49.9 Å². The predicted molar refractivity (Wildman–Crippen MR) is 186 cm³/mol. The minimum absolute atomic E-state index is 0.0232. The summed E-state index contributed by atoms with van der Waals surface area (Å²) in [7, 11) is 0. The van der Waals surface area contributed by atoms with Crippen LogP contribution in [0.3, 0.4) is 0 Å². The first-order chi connectivity index (χ1) is 26.1. The van der Waals surface area contributed by atoms with Gasteiger partial charge in [0.05, 0.1) is 0 Å². The first kappa shape index (κ1) is 39.6. The summed E-state index contributed by atoms with van der Waals surface area (Å²) in [5, 5.41) is 0. The maximum absolute atomic E-state index is 14.5. The molecule has 0 aromatic heterocycles. The zero-order valence-corrected chi connectivity index (χ0v) is 33.1. The van der Waals surface area contributed by atoms with Gasteiger partial charge in [0, 0.05) is 0 Å². The number of alkyl halides is 8. The molecular weight excluding hydrogens is 875 g/mol. The van der Waals surface area contributed by atoms with Gasteiger partial charge in [0.25, 0.3) is 0 Å². The quantitative estimate of drug-likeness (QED) is 0.207. The van der Waals surface area contributed by atoms with E-state index in [9.17, 15) is 44.7 Å². The molecule has 2 spiro atoms. The molecule has 2 heterocycles. The Labute approximate surface area is 326 Å². The molecule has 8 aliphatic carbocycles. The van der Waals surface area contributed by atoms with E-state index in [-0.39, 0.29) is 43.4 Å². The second-order valence-corrected chi connectivity index (χ2v) is 21.7. The monoisotopic (exact) mass is 920 g/mol. The van der Waals surface area contributed by atoms with Crippen molar-refractivity contribution in [1.82, 2.24) is 0 Å². The maximum atomic E-state index is 14.5. The Morgan fingerprint density at radius 2 is 0.893 bits per heavy atom. The summed E-state index contributed by atoms with van der Waals surface area (Å²) >= 11 is -3.66. The van der Waals surface area contributed by atoms with E-state index in [1.54, 1.807) is 12.1 Å². The van der Waals surface area contributed by atoms with Crippen molar-refractivity contribution in [2.75, 3.05) is 26.4 Å². The third kappa shape index (κ3) is 5.90. The summed E-state index contributed by atoms with van der Waals surface area (Å²) in [6.45, 7) is -1.99. The molecule has 4 atom stereocenters. The molecule has 17 heteroatoms. The van der Waals surface area contributed by atoms with Gasteiger partial charge in [-0.3, -0.25) is 0 Å². The molecule has 1 aromatic rings. The molecule has 10 aliphatic rings. The third-order valence-corrected chi connectivity index (χ3v) is 17.8. The molecular formula is C39H45F8IO8. The van der Waals surface area contributed by atoms with Crippen molar-refractivity contribution in [2.45, 2.75) is 119 Å². The first-order valence-corrected chi connectivity index (χ1v) is 22.3. The van der Waals surface area contributed by atoms with Crippen molar-refractivity contribution >= 4 is 32.6 Å². The molecule has 8 bridgehead atoms. The number of halogens is 9. The molecule has 312 valence electrons. The van der Waals surface area contributed by atoms with Crippen LogP contribution < -0.4 is 0 Å². The molecule has 56 heavy (non-hydrogen) atoms. The van der Waals surface area contributed by atoms with Gasteiger partial charge in [0.2, 0.25) is 0 Å². The zero-order valence-electron chi connectivity index (χ0n) is 30.9. The van der Waals surface area contributed by atoms with Gasteiger partial charge in [0.1, 0.15) is 0 Å². The van der Waals surface area contributed by atoms with Crippen LogP contribution >= 0.6 is 20.6 Å². The van der Waals surface area contributed by atoms with Crippen LogP contribution in [0.15, 0.2) is 24.3 Å². The van der Waals surface area contributed by atoms with E-state index in [2.05, 4.69) is 0 Å². The summed E-state index contributed by atoms with van der Waals surface area (Å²) in [5.74, 6) is -24.6. The van der Waals surface area contributed by atoms with Gasteiger partial charge >= 0.3 is 328 Å². The summed E-state index contributed by atoms with van der Waals surface area (Å²) in [6.07, 6.45) is 3.09. The van der Waals surface area contributed by atoms with Crippen LogP contribution in [0.4, 0.5) is 35.1 Å². The Kier molecular flexibility index (Phi) is 9.08. The van der Waals surface area contributed by atoms with Crippen molar-refractivity contribution in [3.8, 4) is 0 Å². The van der Waals surface area contributed by atoms with Gasteiger partial charge < -0.3 is 0 Å². The number of rotatable bonds is 6. The van der Waals surface area contributed by atoms with Crippen molar-refractivity contribution in [1.29, 1.82) is 0 Å². The summed E-state index contributed by atoms with van der Waals surface area (Å²) < 4.78 is 151. The van der Waals surface area contributed by atoms with E-state index in [1.165, 1.54) is 0 Å². The number of hydrogen-bond donors (Lipinski definition) is 0. The summed E-state index contributed by atoms with van der Waals surface area (Å²) in [5.41, 5.74) is -1.20. The first-order valence-electron chi connectivity index (χ1n) is 19.5. The Morgan fingerprint density at radius 1 is 0.571 bits per heavy atom. The third-order valence-electron chi connectivity index (χ3n) is 14.5. The van der Waals surface area contributed by atoms with Crippen molar-refractivity contribution in [3.63, 3.8) is 0 Å². The average molecular weight is 921 g/mol. The number of carbonyl (C=O) groups excluding carboxylic acids is 2. The fraction of sp³-hybridized carbons (Fsp3) is 0.795. The van der Waals surface area contributed by atoms with E-state index in [0.29, 0.717) is 42.1 Å². The van der Waals surface area contributed by atoms with Gasteiger partial charge in [-0.25, -0.2) is 0 Å². The molecule has 8 nitrogen and oxygen atoms in total. The fourth-order valence-corrected chi connectivity index (χ4v) is 15.2. The Hall–Kier alpha value is -1.83. The number of hydrogen-bond acceptors (Lipinski definition) is 8. The molecule has 11 rings (SSSR count). The Balaban J connectivity index is 0.967. The standard InChI is InChI=1S/C39H45F8IO8/c1-21(2)24-3-5-29(6-4-24)48(55-30(49)32-11-22-7-25(13-32)38(26(8-22)14-32)51-17-34(40,41)35(42,43)18-52-38)56-31(50)33-12-23-9-27(15-33)39(28(10-23)16-33)53-19-36(44,45)37(46,47)20-54-39/h3-6,21-23,25-28H,7-20H2,1-2H3. The Morgan fingerprint density at radius 3 is 1.20 bits per heavy atom. The minimum atomic E-state index is -4.42. The predicted octanol–water partition coefficient (Wildman–Crippen LogP) is 9.08. The van der Waals surface area contributed by atoms with E-state index < -0.39 is 129 Å². The van der Waals surface area contributed by atoms with Gasteiger partial charge in [0.15, 0.2) is 0 Å². The number of ether oxygens (including phenoxy) is 4. The van der Waals surface area contributed by atoms with E-state index in [0.717, 1.165) is 5.56 Å². The van der Waals surface area contributed by atoms with Crippen LogP contribution in [-0.2, 0) is 34.7 Å². The zero-order chi connectivity index (χ0) is 39.9. The molecule has 10 fully saturated rings. The van der Waals surface area contributed by atoms with Gasteiger partial charge in [-0.05, 0) is 0 Å². The van der Waals surface area contributed by atoms with Gasteiger partial charge in [-0.15, -0.1) is 0 Å². The fourth-order valence-electron chi connectivity index (χ4n) is 12.0. The van der Waals surface area contributed by atoms with Crippen LogP contribution in [0.25, 0.3) is 0 Å². The van der Waals surface area contributed by atoms with Crippen molar-refractivity contribution in [2.24, 2.45) is 46.3 Å². The second kappa shape index (κ2) is 12.8. The number of carbonyl (C=O) groups is 2. The summed E-state index contributed by atoms with van der Waals surface area (Å²) in [4.78, 5) is 29.0. The van der Waals surface area contributed by atoms with E-state index in [1.807, 2.05) is 26.0 Å². The SMILES string of the molecule is CC(C)c1ccc(I(OC(=O)C23CC4CC(C2)C2(OCC(F)(F)C(F)(F)CO2)C(C4)C3)OC(=O)C23CC4CC(C2)C2(OCC(F)(F)C(F)(F)CO2)C(C4)C3)cc1. The van der Waals surface area contributed by atoms with E-state index in [4.69, 9.17) is 25.1 Å². The van der Waals surface area contributed by atoms with Gasteiger partial charge in [-0.1, -0.05) is 0 Å². The van der Waals surface area contributed by atoms with Crippen molar-refractivity contribution in [3.05, 3.63) is 33.4 Å². The molecule has 0 N–H and O–H groups in total. The van der Waals surface area contributed by atoms with Crippen LogP contribution in [0.5, 0.6) is 0 Å². The molecule has 1 aromatic carbocycles. The van der Waals surface area contributed by atoms with Crippen LogP contribution in [0.1, 0.15) is 89.5 Å². The molecule has 0 radical (unpaired) electrons. The number of benzene rings is 1. The van der Waals surface area contributed by atoms with Gasteiger partial charge in [-0.2, -0.15) is 0 Å². The van der Waals surface area contributed by atoms with Crippen LogP contribution in [0.2, 0.25) is 0 Å². The van der Waals surface area contributed by atoms with E-state index >= 15 is 0 Å². The average Bonchev–Trinajstić information content (AvgIpc) is 3.28. The molecule has 2 saturated heterocycles. The molecule has 0 amide bonds. The molecule has 2 aliphatic heterocycles.